The van der Waals surface area contributed by atoms with Gasteiger partial charge < -0.3 is 33.2 Å². The van der Waals surface area contributed by atoms with Crippen molar-refractivity contribution in [3.8, 4) is 17.2 Å². The molecule has 11 nitrogen and oxygen atoms in total. The van der Waals surface area contributed by atoms with E-state index >= 15 is 0 Å². The average molecular weight is 660 g/mol. The molecule has 0 spiro atoms. The Morgan fingerprint density at radius 2 is 1.96 bits per heavy atom. The van der Waals surface area contributed by atoms with Crippen molar-refractivity contribution in [1.29, 1.82) is 0 Å². The zero-order valence-corrected chi connectivity index (χ0v) is 27.5. The highest BCUT2D eigenvalue weighted by Crippen LogP contribution is 2.51. The van der Waals surface area contributed by atoms with Crippen molar-refractivity contribution in [3.05, 3.63) is 70.8 Å². The number of nitrogens with zero attached hydrogens (tertiary/aromatic N) is 5. The number of hydrogen-bond acceptors (Lipinski definition) is 10. The first-order valence-corrected chi connectivity index (χ1v) is 16.6. The van der Waals surface area contributed by atoms with Crippen LogP contribution in [0.2, 0.25) is 5.02 Å². The van der Waals surface area contributed by atoms with E-state index in [2.05, 4.69) is 25.4 Å². The van der Waals surface area contributed by atoms with E-state index in [9.17, 15) is 4.79 Å². The smallest absolute Gasteiger partial charge is 0.338 e. The molecule has 4 aliphatic rings. The lowest BCUT2D eigenvalue weighted by Gasteiger charge is -2.54. The van der Waals surface area contributed by atoms with Crippen molar-refractivity contribution in [2.45, 2.75) is 69.7 Å². The van der Waals surface area contributed by atoms with Gasteiger partial charge in [0.1, 0.15) is 22.8 Å². The van der Waals surface area contributed by atoms with Gasteiger partial charge in [-0.3, -0.25) is 9.88 Å². The molecule has 47 heavy (non-hydrogen) atoms. The standard InChI is InChI=1S/C35H38ClN5O6/c1-35(30-12-9-22(36)18-37-30)46-28-8-4-7-26(33(28)47-35)40-14-13-39(24-10-11-25(24)40)20-31-38-32-27(41(31)19-23-6-5-15-45-23)16-21(34(42)44-3)17-29(32)43-2/h4,7-9,12,16-18,23-25H,5-6,10-11,13-15,19-20H2,1-3H3/t23-,24-,25+,35-/m0/s1. The van der Waals surface area contributed by atoms with Crippen LogP contribution < -0.4 is 19.1 Å². The van der Waals surface area contributed by atoms with Gasteiger partial charge in [0, 0.05) is 44.9 Å². The quantitative estimate of drug-likeness (QED) is 0.224. The zero-order chi connectivity index (χ0) is 32.3. The molecule has 4 atom stereocenters. The topological polar surface area (TPSA) is 100 Å². The first kappa shape index (κ1) is 30.3. The van der Waals surface area contributed by atoms with Gasteiger partial charge in [0.15, 0.2) is 11.5 Å². The van der Waals surface area contributed by atoms with E-state index in [-0.39, 0.29) is 6.10 Å². The van der Waals surface area contributed by atoms with Crippen LogP contribution in [0.5, 0.6) is 17.2 Å². The summed E-state index contributed by atoms with van der Waals surface area (Å²) in [4.78, 5) is 27.2. The number of esters is 1. The number of methoxy groups -OCH3 is 2. The summed E-state index contributed by atoms with van der Waals surface area (Å²) in [5, 5.41) is 0.565. The van der Waals surface area contributed by atoms with Gasteiger partial charge in [-0.2, -0.15) is 0 Å². The Morgan fingerprint density at radius 3 is 2.68 bits per heavy atom. The fraction of sp³-hybridized carbons (Fsp3) is 0.457. The molecule has 1 saturated carbocycles. The Hall–Kier alpha value is -4.06. The second-order valence-corrected chi connectivity index (χ2v) is 13.2. The van der Waals surface area contributed by atoms with Crippen LogP contribution in [-0.4, -0.2) is 77.5 Å². The summed E-state index contributed by atoms with van der Waals surface area (Å²) in [6.07, 6.45) is 5.94. The van der Waals surface area contributed by atoms with E-state index in [1.165, 1.54) is 7.11 Å². The summed E-state index contributed by atoms with van der Waals surface area (Å²) in [7, 11) is 3.00. The van der Waals surface area contributed by atoms with E-state index in [4.69, 9.17) is 40.3 Å². The Balaban J connectivity index is 1.07. The first-order valence-electron chi connectivity index (χ1n) is 16.3. The number of anilines is 1. The maximum Gasteiger partial charge on any atom is 0.338 e. The van der Waals surface area contributed by atoms with Crippen molar-refractivity contribution < 1.29 is 28.5 Å². The third kappa shape index (κ3) is 5.25. The summed E-state index contributed by atoms with van der Waals surface area (Å²) in [6, 6.07) is 14.0. The van der Waals surface area contributed by atoms with Crippen LogP contribution in [0.25, 0.3) is 11.0 Å². The summed E-state index contributed by atoms with van der Waals surface area (Å²) in [5.41, 5.74) is 3.74. The van der Waals surface area contributed by atoms with E-state index in [1.807, 2.05) is 31.2 Å². The van der Waals surface area contributed by atoms with Gasteiger partial charge in [0.05, 0.1) is 55.2 Å². The van der Waals surface area contributed by atoms with Crippen LogP contribution in [0.15, 0.2) is 48.7 Å². The molecule has 0 unspecified atom stereocenters. The predicted octanol–water partition coefficient (Wildman–Crippen LogP) is 5.56. The minimum Gasteiger partial charge on any atom is -0.494 e. The lowest BCUT2D eigenvalue weighted by atomic mass is 9.81. The first-order chi connectivity index (χ1) is 22.8. The van der Waals surface area contributed by atoms with E-state index in [0.29, 0.717) is 53.0 Å². The number of rotatable bonds is 8. The largest absolute Gasteiger partial charge is 0.494 e. The minimum absolute atomic E-state index is 0.100. The van der Waals surface area contributed by atoms with Gasteiger partial charge in [-0.15, -0.1) is 0 Å². The molecular formula is C35H38ClN5O6. The third-order valence-corrected chi connectivity index (χ3v) is 10.3. The average Bonchev–Trinajstić information content (AvgIpc) is 3.79. The van der Waals surface area contributed by atoms with Crippen LogP contribution in [0.3, 0.4) is 0 Å². The summed E-state index contributed by atoms with van der Waals surface area (Å²) < 4.78 is 31.9. The lowest BCUT2D eigenvalue weighted by molar-refractivity contribution is -0.0717. The molecule has 12 heteroatoms. The normalized spacial score (nSPS) is 25.1. The van der Waals surface area contributed by atoms with Crippen LogP contribution in [0, 0.1) is 0 Å². The number of ether oxygens (including phenoxy) is 5. The van der Waals surface area contributed by atoms with Gasteiger partial charge in [0.25, 0.3) is 5.79 Å². The second-order valence-electron chi connectivity index (χ2n) is 12.8. The fourth-order valence-electron chi connectivity index (χ4n) is 7.53. The van der Waals surface area contributed by atoms with Gasteiger partial charge in [0.2, 0.25) is 0 Å². The third-order valence-electron chi connectivity index (χ3n) is 10.1. The van der Waals surface area contributed by atoms with Crippen molar-refractivity contribution in [2.24, 2.45) is 0 Å². The number of piperazine rings is 1. The Bertz CT molecular complexity index is 1830. The van der Waals surface area contributed by atoms with Gasteiger partial charge >= 0.3 is 5.97 Å². The molecule has 3 aliphatic heterocycles. The van der Waals surface area contributed by atoms with Crippen LogP contribution in [0.4, 0.5) is 5.69 Å². The molecule has 8 rings (SSSR count). The highest BCUT2D eigenvalue weighted by molar-refractivity contribution is 6.30. The summed E-state index contributed by atoms with van der Waals surface area (Å²) in [6.45, 7) is 5.70. The van der Waals surface area contributed by atoms with Gasteiger partial charge in [-0.25, -0.2) is 9.78 Å². The molecule has 0 radical (unpaired) electrons. The molecular weight excluding hydrogens is 622 g/mol. The Kier molecular flexibility index (Phi) is 7.65. The number of carbonyl (C=O) groups excluding carboxylic acids is 1. The van der Waals surface area contributed by atoms with E-state index < -0.39 is 11.8 Å². The molecule has 2 aromatic heterocycles. The van der Waals surface area contributed by atoms with E-state index in [0.717, 1.165) is 73.7 Å². The minimum atomic E-state index is -1.04. The van der Waals surface area contributed by atoms with Gasteiger partial charge in [-0.05, 0) is 62.1 Å². The van der Waals surface area contributed by atoms with Crippen LogP contribution >= 0.6 is 11.6 Å². The predicted molar refractivity (Wildman–Crippen MR) is 175 cm³/mol. The van der Waals surface area contributed by atoms with Crippen molar-refractivity contribution >= 4 is 34.3 Å². The summed E-state index contributed by atoms with van der Waals surface area (Å²) in [5.74, 6) is 1.51. The molecule has 2 aromatic carbocycles. The number of aromatic nitrogens is 3. The van der Waals surface area contributed by atoms with Crippen LogP contribution in [0.1, 0.15) is 54.5 Å². The number of para-hydroxylation sites is 1. The number of halogens is 1. The molecule has 246 valence electrons. The number of fused-ring (bicyclic) bond motifs is 3. The SMILES string of the molecule is COC(=O)c1cc(OC)c2nc(CN3CCN(c4cccc5c4O[C@@](C)(c4ccc(Cl)cn4)O5)[C@@H]4CC[C@@H]43)n(C[C@@H]3CCCO3)c2c1. The Morgan fingerprint density at radius 1 is 1.09 bits per heavy atom. The number of benzene rings is 2. The monoisotopic (exact) mass is 659 g/mol. The number of imidazole rings is 1. The zero-order valence-electron chi connectivity index (χ0n) is 26.8. The number of pyridine rings is 1. The highest BCUT2D eigenvalue weighted by Gasteiger charge is 2.47. The number of carbonyl (C=O) groups is 1. The molecule has 0 bridgehead atoms. The number of hydrogen-bond donors (Lipinski definition) is 0. The van der Waals surface area contributed by atoms with Crippen molar-refractivity contribution in [2.75, 3.05) is 38.8 Å². The molecule has 1 aliphatic carbocycles. The molecule has 4 aromatic rings. The van der Waals surface area contributed by atoms with Crippen molar-refractivity contribution in [3.63, 3.8) is 0 Å². The molecule has 2 saturated heterocycles. The molecule has 3 fully saturated rings. The maximum atomic E-state index is 12.6. The molecule has 5 heterocycles. The van der Waals surface area contributed by atoms with Crippen molar-refractivity contribution in [1.82, 2.24) is 19.4 Å². The van der Waals surface area contributed by atoms with Gasteiger partial charge in [-0.1, -0.05) is 17.7 Å². The second kappa shape index (κ2) is 11.9. The van der Waals surface area contributed by atoms with Crippen LogP contribution in [-0.2, 0) is 28.4 Å². The molecule has 0 N–H and O–H groups in total. The maximum absolute atomic E-state index is 12.6. The molecule has 0 amide bonds. The summed E-state index contributed by atoms with van der Waals surface area (Å²) >= 11 is 6.09. The highest BCUT2D eigenvalue weighted by atomic mass is 35.5. The van der Waals surface area contributed by atoms with E-state index in [1.54, 1.807) is 25.4 Å². The lowest BCUT2D eigenvalue weighted by Crippen LogP contribution is -2.64. The Labute approximate surface area is 278 Å². The fourth-order valence-corrected chi connectivity index (χ4v) is 7.65.